The third-order valence-corrected chi connectivity index (χ3v) is 6.59. The molecule has 1 atom stereocenters. The topological polar surface area (TPSA) is 73.4 Å². The van der Waals surface area contributed by atoms with Gasteiger partial charge in [0.2, 0.25) is 0 Å². The van der Waals surface area contributed by atoms with Gasteiger partial charge in [-0.2, -0.15) is 0 Å². The zero-order valence-corrected chi connectivity index (χ0v) is 20.0. The van der Waals surface area contributed by atoms with Crippen molar-refractivity contribution in [2.45, 2.75) is 13.0 Å². The quantitative estimate of drug-likeness (QED) is 0.401. The number of pyridine rings is 1. The number of likely N-dealkylation sites (N-methyl/N-ethyl adjacent to an activating group) is 1. The SMILES string of the molecule is CN(C)CCn1cc(C(=O)C2COc3ccc(Cl)cc3C2)c2ccc(-c3ccnc(N)c3)cc21. The summed E-state index contributed by atoms with van der Waals surface area (Å²) in [6.45, 7) is 2.01. The highest BCUT2D eigenvalue weighted by molar-refractivity contribution is 6.30. The number of halogens is 1. The first-order chi connectivity index (χ1) is 16.4. The summed E-state index contributed by atoms with van der Waals surface area (Å²) in [6.07, 6.45) is 4.32. The summed E-state index contributed by atoms with van der Waals surface area (Å²) in [5.74, 6) is 1.14. The number of Topliss-reactive ketones (excluding diaryl/α,β-unsaturated/α-hetero) is 1. The molecule has 2 aromatic carbocycles. The number of nitrogens with zero attached hydrogens (tertiary/aromatic N) is 3. The molecule has 0 bridgehead atoms. The second-order valence-electron chi connectivity index (χ2n) is 9.07. The molecule has 174 valence electrons. The molecule has 1 aliphatic rings. The predicted molar refractivity (Wildman–Crippen MR) is 137 cm³/mol. The molecule has 2 aromatic heterocycles. The Kier molecular flexibility index (Phi) is 6.02. The van der Waals surface area contributed by atoms with E-state index in [0.29, 0.717) is 23.9 Å². The van der Waals surface area contributed by atoms with E-state index in [0.717, 1.165) is 52.0 Å². The van der Waals surface area contributed by atoms with E-state index in [4.69, 9.17) is 22.1 Å². The second kappa shape index (κ2) is 9.12. The fourth-order valence-electron chi connectivity index (χ4n) is 4.54. The Hall–Kier alpha value is -3.35. The third-order valence-electron chi connectivity index (χ3n) is 6.35. The van der Waals surface area contributed by atoms with Gasteiger partial charge in [-0.25, -0.2) is 4.98 Å². The fraction of sp³-hybridized carbons (Fsp3) is 0.259. The lowest BCUT2D eigenvalue weighted by Crippen LogP contribution is -2.28. The lowest BCUT2D eigenvalue weighted by molar-refractivity contribution is 0.0856. The number of benzene rings is 2. The van der Waals surface area contributed by atoms with Crippen LogP contribution in [0.5, 0.6) is 5.75 Å². The summed E-state index contributed by atoms with van der Waals surface area (Å²) >= 11 is 6.18. The zero-order chi connectivity index (χ0) is 23.8. The highest BCUT2D eigenvalue weighted by Gasteiger charge is 2.29. The standard InChI is InChI=1S/C27H27ClN4O2/c1-31(2)9-10-32-15-23(27(33)20-11-19-12-21(28)4-6-25(19)34-16-20)22-5-3-17(13-24(22)32)18-7-8-30-26(29)14-18/h3-8,12-15,20H,9-11,16H2,1-2H3,(H2,29,30). The van der Waals surface area contributed by atoms with Gasteiger partial charge in [-0.05, 0) is 73.6 Å². The van der Waals surface area contributed by atoms with Gasteiger partial charge in [0, 0.05) is 47.0 Å². The van der Waals surface area contributed by atoms with Crippen molar-refractivity contribution in [3.05, 3.63) is 77.1 Å². The molecule has 1 aliphatic heterocycles. The van der Waals surface area contributed by atoms with E-state index < -0.39 is 0 Å². The van der Waals surface area contributed by atoms with Crippen LogP contribution in [0.1, 0.15) is 15.9 Å². The molecule has 0 spiro atoms. The third kappa shape index (κ3) is 4.39. The van der Waals surface area contributed by atoms with Gasteiger partial charge in [0.25, 0.3) is 0 Å². The summed E-state index contributed by atoms with van der Waals surface area (Å²) in [7, 11) is 4.09. The second-order valence-corrected chi connectivity index (χ2v) is 9.51. The Morgan fingerprint density at radius 1 is 1.18 bits per heavy atom. The average molecular weight is 475 g/mol. The van der Waals surface area contributed by atoms with Gasteiger partial charge in [-0.3, -0.25) is 4.79 Å². The largest absolute Gasteiger partial charge is 0.493 e. The van der Waals surface area contributed by atoms with Gasteiger partial charge in [-0.15, -0.1) is 0 Å². The lowest BCUT2D eigenvalue weighted by atomic mass is 9.89. The van der Waals surface area contributed by atoms with Crippen molar-refractivity contribution in [3.8, 4) is 16.9 Å². The minimum atomic E-state index is -0.251. The Bertz CT molecular complexity index is 1380. The normalized spacial score (nSPS) is 15.4. The molecule has 0 amide bonds. The van der Waals surface area contributed by atoms with E-state index in [1.807, 2.05) is 62.8 Å². The van der Waals surface area contributed by atoms with Crippen LogP contribution in [-0.4, -0.2) is 47.5 Å². The number of carbonyl (C=O) groups is 1. The number of fused-ring (bicyclic) bond motifs is 2. The van der Waals surface area contributed by atoms with E-state index in [-0.39, 0.29) is 11.7 Å². The number of ether oxygens (including phenoxy) is 1. The summed E-state index contributed by atoms with van der Waals surface area (Å²) in [6, 6.07) is 15.6. The molecule has 2 N–H and O–H groups in total. The molecule has 0 fully saturated rings. The molecule has 34 heavy (non-hydrogen) atoms. The van der Waals surface area contributed by atoms with Crippen LogP contribution in [0.4, 0.5) is 5.82 Å². The minimum Gasteiger partial charge on any atom is -0.493 e. The van der Waals surface area contributed by atoms with Crippen molar-refractivity contribution in [2.24, 2.45) is 5.92 Å². The first-order valence-electron chi connectivity index (χ1n) is 11.3. The molecule has 0 saturated heterocycles. The zero-order valence-electron chi connectivity index (χ0n) is 19.3. The van der Waals surface area contributed by atoms with Gasteiger partial charge in [0.1, 0.15) is 11.6 Å². The van der Waals surface area contributed by atoms with Crippen LogP contribution < -0.4 is 10.5 Å². The van der Waals surface area contributed by atoms with Crippen LogP contribution in [0.25, 0.3) is 22.0 Å². The van der Waals surface area contributed by atoms with Gasteiger partial charge in [0.15, 0.2) is 5.78 Å². The molecule has 6 nitrogen and oxygen atoms in total. The maximum atomic E-state index is 13.7. The number of hydrogen-bond donors (Lipinski definition) is 1. The van der Waals surface area contributed by atoms with Crippen LogP contribution in [0.2, 0.25) is 5.02 Å². The molecule has 0 aliphatic carbocycles. The Morgan fingerprint density at radius 2 is 2.00 bits per heavy atom. The van der Waals surface area contributed by atoms with Gasteiger partial charge in [0.05, 0.1) is 12.5 Å². The molecule has 0 radical (unpaired) electrons. The number of aromatic nitrogens is 2. The summed E-state index contributed by atoms with van der Waals surface area (Å²) in [5.41, 5.74) is 10.7. The van der Waals surface area contributed by atoms with Crippen molar-refractivity contribution >= 4 is 34.1 Å². The van der Waals surface area contributed by atoms with Crippen LogP contribution >= 0.6 is 11.6 Å². The summed E-state index contributed by atoms with van der Waals surface area (Å²) in [4.78, 5) is 19.9. The Morgan fingerprint density at radius 3 is 2.79 bits per heavy atom. The molecule has 3 heterocycles. The Balaban J connectivity index is 1.53. The number of hydrogen-bond acceptors (Lipinski definition) is 5. The fourth-order valence-corrected chi connectivity index (χ4v) is 4.73. The minimum absolute atomic E-state index is 0.0973. The van der Waals surface area contributed by atoms with Crippen LogP contribution in [0, 0.1) is 5.92 Å². The van der Waals surface area contributed by atoms with Crippen LogP contribution in [0.3, 0.4) is 0 Å². The summed E-state index contributed by atoms with van der Waals surface area (Å²) in [5, 5.41) is 1.60. The highest BCUT2D eigenvalue weighted by atomic mass is 35.5. The average Bonchev–Trinajstić information content (AvgIpc) is 3.19. The molecular weight excluding hydrogens is 448 g/mol. The number of anilines is 1. The maximum absolute atomic E-state index is 13.7. The van der Waals surface area contributed by atoms with Crippen LogP contribution in [0.15, 0.2) is 60.9 Å². The maximum Gasteiger partial charge on any atom is 0.171 e. The summed E-state index contributed by atoms with van der Waals surface area (Å²) < 4.78 is 8.08. The van der Waals surface area contributed by atoms with E-state index in [1.54, 1.807) is 6.20 Å². The van der Waals surface area contributed by atoms with E-state index in [9.17, 15) is 4.79 Å². The van der Waals surface area contributed by atoms with Crippen molar-refractivity contribution in [1.29, 1.82) is 0 Å². The van der Waals surface area contributed by atoms with Crippen molar-refractivity contribution in [1.82, 2.24) is 14.5 Å². The van der Waals surface area contributed by atoms with Gasteiger partial charge >= 0.3 is 0 Å². The highest BCUT2D eigenvalue weighted by Crippen LogP contribution is 2.34. The first kappa shape index (κ1) is 22.4. The van der Waals surface area contributed by atoms with E-state index >= 15 is 0 Å². The number of ketones is 1. The first-order valence-corrected chi connectivity index (χ1v) is 11.7. The lowest BCUT2D eigenvalue weighted by Gasteiger charge is -2.24. The molecule has 7 heteroatoms. The van der Waals surface area contributed by atoms with Gasteiger partial charge < -0.3 is 19.9 Å². The van der Waals surface area contributed by atoms with Crippen molar-refractivity contribution in [3.63, 3.8) is 0 Å². The smallest absolute Gasteiger partial charge is 0.171 e. The van der Waals surface area contributed by atoms with E-state index in [2.05, 4.69) is 20.5 Å². The van der Waals surface area contributed by atoms with Crippen LogP contribution in [-0.2, 0) is 13.0 Å². The molecular formula is C27H27ClN4O2. The molecule has 5 rings (SSSR count). The van der Waals surface area contributed by atoms with Gasteiger partial charge in [-0.1, -0.05) is 23.7 Å². The predicted octanol–water partition coefficient (Wildman–Crippen LogP) is 4.93. The molecule has 4 aromatic rings. The Labute approximate surface area is 203 Å². The molecule has 0 saturated carbocycles. The number of rotatable bonds is 6. The number of carbonyl (C=O) groups excluding carboxylic acids is 1. The van der Waals surface area contributed by atoms with Crippen molar-refractivity contribution < 1.29 is 9.53 Å². The molecule has 1 unspecified atom stereocenters. The number of nitrogens with two attached hydrogens (primary N) is 1. The monoisotopic (exact) mass is 474 g/mol. The van der Waals surface area contributed by atoms with Crippen molar-refractivity contribution in [2.75, 3.05) is 33.0 Å². The van der Waals surface area contributed by atoms with E-state index in [1.165, 1.54) is 0 Å². The number of nitrogen functional groups attached to an aromatic ring is 1.